The molecule has 0 fully saturated rings. The van der Waals surface area contributed by atoms with Crippen LogP contribution in [0.4, 0.5) is 0 Å². The SMILES string of the molecule is O=S(=O)(CP(=S)(c1ccccc1)c1ccccc1)c1ccccc1. The average molecular weight is 372 g/mol. The van der Waals surface area contributed by atoms with E-state index >= 15 is 0 Å². The average Bonchev–Trinajstić information content (AvgIpc) is 2.63. The van der Waals surface area contributed by atoms with Crippen LogP contribution in [-0.4, -0.2) is 13.9 Å². The first kappa shape index (κ1) is 17.1. The van der Waals surface area contributed by atoms with Crippen LogP contribution in [0, 0.1) is 0 Å². The molecule has 2 nitrogen and oxygen atoms in total. The minimum atomic E-state index is -3.47. The molecule has 0 aliphatic rings. The Kier molecular flexibility index (Phi) is 5.00. The molecule has 0 aliphatic heterocycles. The third-order valence-electron chi connectivity index (χ3n) is 3.80. The quantitative estimate of drug-likeness (QED) is 0.643. The minimum Gasteiger partial charge on any atom is -0.223 e. The van der Waals surface area contributed by atoms with Crippen LogP contribution in [-0.2, 0) is 21.6 Å². The highest BCUT2D eigenvalue weighted by atomic mass is 32.4. The van der Waals surface area contributed by atoms with E-state index in [-0.39, 0.29) is 5.49 Å². The lowest BCUT2D eigenvalue weighted by Crippen LogP contribution is -2.22. The van der Waals surface area contributed by atoms with E-state index in [1.807, 2.05) is 66.7 Å². The predicted molar refractivity (Wildman–Crippen MR) is 105 cm³/mol. The van der Waals surface area contributed by atoms with E-state index in [1.165, 1.54) is 0 Å². The summed E-state index contributed by atoms with van der Waals surface area (Å²) in [6.45, 7) is 0. The van der Waals surface area contributed by atoms with Gasteiger partial charge in [-0.05, 0) is 22.7 Å². The van der Waals surface area contributed by atoms with Gasteiger partial charge in [0.15, 0.2) is 9.84 Å². The van der Waals surface area contributed by atoms with Gasteiger partial charge in [0.05, 0.1) is 10.4 Å². The van der Waals surface area contributed by atoms with Gasteiger partial charge in [-0.3, -0.25) is 0 Å². The fraction of sp³-hybridized carbons (Fsp3) is 0.0526. The summed E-state index contributed by atoms with van der Waals surface area (Å²) in [5.41, 5.74) is -0.0482. The molecule has 0 atom stereocenters. The first-order valence-electron chi connectivity index (χ1n) is 7.50. The summed E-state index contributed by atoms with van der Waals surface area (Å²) < 4.78 is 25.9. The molecular weight excluding hydrogens is 355 g/mol. The lowest BCUT2D eigenvalue weighted by Gasteiger charge is -2.23. The zero-order valence-electron chi connectivity index (χ0n) is 12.9. The van der Waals surface area contributed by atoms with E-state index in [0.29, 0.717) is 4.90 Å². The van der Waals surface area contributed by atoms with Crippen LogP contribution < -0.4 is 10.6 Å². The third-order valence-corrected chi connectivity index (χ3v) is 12.1. The number of benzene rings is 3. The first-order valence-corrected chi connectivity index (χ1v) is 12.1. The Bertz CT molecular complexity index is 911. The fourth-order valence-electron chi connectivity index (χ4n) is 2.58. The second-order valence-electron chi connectivity index (χ2n) is 5.47. The molecule has 24 heavy (non-hydrogen) atoms. The van der Waals surface area contributed by atoms with Crippen molar-refractivity contribution in [1.29, 1.82) is 0 Å². The maximum absolute atomic E-state index is 13.0. The van der Waals surface area contributed by atoms with Crippen molar-refractivity contribution < 1.29 is 8.42 Å². The van der Waals surface area contributed by atoms with Gasteiger partial charge >= 0.3 is 0 Å². The van der Waals surface area contributed by atoms with Crippen molar-refractivity contribution in [3.63, 3.8) is 0 Å². The summed E-state index contributed by atoms with van der Waals surface area (Å²) in [5, 5.41) is 1.84. The molecule has 0 amide bonds. The molecule has 0 aromatic heterocycles. The first-order chi connectivity index (χ1) is 11.5. The van der Waals surface area contributed by atoms with Crippen molar-refractivity contribution in [1.82, 2.24) is 0 Å². The second kappa shape index (κ2) is 7.02. The largest absolute Gasteiger partial charge is 0.223 e. The van der Waals surface area contributed by atoms with E-state index in [4.69, 9.17) is 11.8 Å². The van der Waals surface area contributed by atoms with Crippen molar-refractivity contribution in [3.05, 3.63) is 91.0 Å². The number of sulfone groups is 1. The summed E-state index contributed by atoms with van der Waals surface area (Å²) in [6.07, 6.45) is 0. The van der Waals surface area contributed by atoms with Gasteiger partial charge in [-0.25, -0.2) is 8.42 Å². The molecule has 0 unspecified atom stereocenters. The topological polar surface area (TPSA) is 34.1 Å². The molecule has 0 heterocycles. The van der Waals surface area contributed by atoms with Gasteiger partial charge in [0.1, 0.15) is 0 Å². The zero-order valence-corrected chi connectivity index (χ0v) is 15.5. The molecule has 0 saturated carbocycles. The Morgan fingerprint density at radius 3 is 1.46 bits per heavy atom. The lowest BCUT2D eigenvalue weighted by atomic mass is 10.4. The summed E-state index contributed by atoms with van der Waals surface area (Å²) >= 11 is 6.01. The van der Waals surface area contributed by atoms with Crippen LogP contribution >= 0.6 is 6.04 Å². The van der Waals surface area contributed by atoms with Crippen LogP contribution in [0.5, 0.6) is 0 Å². The van der Waals surface area contributed by atoms with Crippen molar-refractivity contribution in [2.75, 3.05) is 5.49 Å². The molecular formula is C19H17O2PS2. The zero-order chi connectivity index (χ0) is 17.0. The molecule has 3 aromatic rings. The highest BCUT2D eigenvalue weighted by molar-refractivity contribution is 8.26. The number of hydrogen-bond donors (Lipinski definition) is 0. The Morgan fingerprint density at radius 1 is 0.667 bits per heavy atom. The van der Waals surface area contributed by atoms with Crippen LogP contribution in [0.15, 0.2) is 95.9 Å². The van der Waals surface area contributed by atoms with E-state index < -0.39 is 15.9 Å². The van der Waals surface area contributed by atoms with E-state index in [0.717, 1.165) is 10.6 Å². The summed E-state index contributed by atoms with van der Waals surface area (Å²) in [7, 11) is -3.47. The molecule has 3 rings (SSSR count). The summed E-state index contributed by atoms with van der Waals surface area (Å²) in [6, 6.07) is 25.3. The Hall–Kier alpha value is -1.74. The van der Waals surface area contributed by atoms with Crippen LogP contribution in [0.25, 0.3) is 0 Å². The Morgan fingerprint density at radius 2 is 1.04 bits per heavy atom. The monoisotopic (exact) mass is 372 g/mol. The number of rotatable bonds is 5. The van der Waals surface area contributed by atoms with Crippen LogP contribution in [0.1, 0.15) is 0 Å². The minimum absolute atomic E-state index is 0.0482. The standard InChI is InChI=1S/C19H17O2PS2/c20-24(21,19-14-8-3-9-15-19)16-22(23,17-10-4-1-5-11-17)18-12-6-2-7-13-18/h1-15H,16H2. The van der Waals surface area contributed by atoms with Crippen molar-refractivity contribution >= 4 is 38.3 Å². The fourth-order valence-corrected chi connectivity index (χ4v) is 10.4. The van der Waals surface area contributed by atoms with Crippen LogP contribution in [0.3, 0.4) is 0 Å². The van der Waals surface area contributed by atoms with E-state index in [9.17, 15) is 8.42 Å². The maximum Gasteiger partial charge on any atom is 0.183 e. The van der Waals surface area contributed by atoms with Gasteiger partial charge in [0, 0.05) is 6.04 Å². The van der Waals surface area contributed by atoms with Crippen molar-refractivity contribution in [3.8, 4) is 0 Å². The Balaban J connectivity index is 2.12. The highest BCUT2D eigenvalue weighted by Crippen LogP contribution is 2.46. The molecule has 0 bridgehead atoms. The molecule has 0 radical (unpaired) electrons. The van der Waals surface area contributed by atoms with Crippen molar-refractivity contribution in [2.45, 2.75) is 4.90 Å². The summed E-state index contributed by atoms with van der Waals surface area (Å²) in [5.74, 6) is 0. The molecule has 0 N–H and O–H groups in total. The second-order valence-corrected chi connectivity index (χ2v) is 12.6. The predicted octanol–water partition coefficient (Wildman–Crippen LogP) is 3.55. The maximum atomic E-state index is 13.0. The van der Waals surface area contributed by atoms with Gasteiger partial charge in [0.25, 0.3) is 0 Å². The van der Waals surface area contributed by atoms with Gasteiger partial charge in [0.2, 0.25) is 0 Å². The van der Waals surface area contributed by atoms with Gasteiger partial charge in [-0.2, -0.15) is 0 Å². The normalized spacial score (nSPS) is 12.0. The Labute approximate surface area is 148 Å². The van der Waals surface area contributed by atoms with Gasteiger partial charge in [-0.1, -0.05) is 90.7 Å². The molecule has 0 saturated heterocycles. The van der Waals surface area contributed by atoms with Crippen LogP contribution in [0.2, 0.25) is 0 Å². The lowest BCUT2D eigenvalue weighted by molar-refractivity contribution is 0.600. The molecule has 0 aliphatic carbocycles. The highest BCUT2D eigenvalue weighted by Gasteiger charge is 2.29. The molecule has 3 aromatic carbocycles. The molecule has 122 valence electrons. The molecule has 5 heteroatoms. The number of hydrogen-bond acceptors (Lipinski definition) is 3. The van der Waals surface area contributed by atoms with Gasteiger partial charge in [-0.15, -0.1) is 0 Å². The van der Waals surface area contributed by atoms with E-state index in [2.05, 4.69) is 0 Å². The smallest absolute Gasteiger partial charge is 0.183 e. The third kappa shape index (κ3) is 3.51. The van der Waals surface area contributed by atoms with Crippen molar-refractivity contribution in [2.24, 2.45) is 0 Å². The van der Waals surface area contributed by atoms with E-state index in [1.54, 1.807) is 24.3 Å². The summed E-state index contributed by atoms with van der Waals surface area (Å²) in [4.78, 5) is 0.325. The van der Waals surface area contributed by atoms with Gasteiger partial charge < -0.3 is 0 Å². The molecule has 0 spiro atoms.